The molecule has 0 radical (unpaired) electrons. The Kier molecular flexibility index (Phi) is 9.86. The summed E-state index contributed by atoms with van der Waals surface area (Å²) in [7, 11) is 0. The van der Waals surface area contributed by atoms with Crippen LogP contribution in [0.2, 0.25) is 0 Å². The molecule has 204 valence electrons. The lowest BCUT2D eigenvalue weighted by Crippen LogP contribution is -2.29. The maximum Gasteiger partial charge on any atom is 0.266 e. The van der Waals surface area contributed by atoms with Crippen molar-refractivity contribution >= 4 is 23.3 Å². The van der Waals surface area contributed by atoms with Gasteiger partial charge in [0.15, 0.2) is 5.78 Å². The lowest BCUT2D eigenvalue weighted by atomic mass is 9.98. The van der Waals surface area contributed by atoms with Crippen molar-refractivity contribution in [1.82, 2.24) is 0 Å². The second kappa shape index (κ2) is 13.5. The summed E-state index contributed by atoms with van der Waals surface area (Å²) in [6, 6.07) is 18.4. The van der Waals surface area contributed by atoms with Gasteiger partial charge in [-0.05, 0) is 68.1 Å². The van der Waals surface area contributed by atoms with Crippen molar-refractivity contribution in [3.8, 4) is 0 Å². The lowest BCUT2D eigenvalue weighted by molar-refractivity contribution is 0.0924. The van der Waals surface area contributed by atoms with Crippen molar-refractivity contribution in [3.05, 3.63) is 99.6 Å². The second-order valence-electron chi connectivity index (χ2n) is 11.0. The third kappa shape index (κ3) is 7.11. The van der Waals surface area contributed by atoms with Crippen LogP contribution < -0.4 is 4.90 Å². The van der Waals surface area contributed by atoms with Crippen LogP contribution in [0.1, 0.15) is 124 Å². The van der Waals surface area contributed by atoms with Crippen molar-refractivity contribution in [2.75, 3.05) is 4.90 Å². The van der Waals surface area contributed by atoms with E-state index in [4.69, 9.17) is 0 Å². The first-order chi connectivity index (χ1) is 18.9. The van der Waals surface area contributed by atoms with E-state index in [-0.39, 0.29) is 17.6 Å². The van der Waals surface area contributed by atoms with Gasteiger partial charge in [-0.25, -0.2) is 4.90 Å². The number of fused-ring (bicyclic) bond motifs is 1. The second-order valence-corrected chi connectivity index (χ2v) is 11.0. The number of nitrogens with zero attached hydrogens (tertiary/aromatic N) is 1. The molecule has 0 atom stereocenters. The number of carbonyl (C=O) groups excluding carboxylic acids is 3. The molecule has 39 heavy (non-hydrogen) atoms. The number of rotatable bonds is 14. The summed E-state index contributed by atoms with van der Waals surface area (Å²) in [5, 5.41) is 0. The summed E-state index contributed by atoms with van der Waals surface area (Å²) in [4.78, 5) is 40.7. The fourth-order valence-corrected chi connectivity index (χ4v) is 5.42. The van der Waals surface area contributed by atoms with Gasteiger partial charge in [0.1, 0.15) is 0 Å². The van der Waals surface area contributed by atoms with Crippen LogP contribution in [0.4, 0.5) is 5.69 Å². The molecule has 0 aliphatic carbocycles. The first kappa shape index (κ1) is 28.5. The van der Waals surface area contributed by atoms with E-state index >= 15 is 0 Å². The normalized spacial score (nSPS) is 12.7. The van der Waals surface area contributed by atoms with Crippen LogP contribution in [0, 0.1) is 13.8 Å². The van der Waals surface area contributed by atoms with Gasteiger partial charge in [0, 0.05) is 11.1 Å². The summed E-state index contributed by atoms with van der Waals surface area (Å²) < 4.78 is 0. The highest BCUT2D eigenvalue weighted by atomic mass is 16.2. The molecule has 0 saturated heterocycles. The van der Waals surface area contributed by atoms with Crippen LogP contribution in [-0.4, -0.2) is 17.6 Å². The highest BCUT2D eigenvalue weighted by Gasteiger charge is 2.37. The first-order valence-electron chi connectivity index (χ1n) is 14.6. The number of unbranched alkanes of at least 4 members (excludes halogenated alkanes) is 9. The van der Waals surface area contributed by atoms with Gasteiger partial charge >= 0.3 is 0 Å². The molecule has 3 aromatic rings. The Morgan fingerprint density at radius 3 is 1.90 bits per heavy atom. The van der Waals surface area contributed by atoms with E-state index in [0.717, 1.165) is 17.5 Å². The minimum absolute atomic E-state index is 0.113. The molecular formula is C35H41NO3. The van der Waals surface area contributed by atoms with Gasteiger partial charge in [0.2, 0.25) is 0 Å². The molecule has 0 bridgehead atoms. The third-order valence-electron chi connectivity index (χ3n) is 7.66. The molecule has 0 fully saturated rings. The third-order valence-corrected chi connectivity index (χ3v) is 7.66. The highest BCUT2D eigenvalue weighted by molar-refractivity contribution is 6.34. The van der Waals surface area contributed by atoms with E-state index in [9.17, 15) is 14.4 Å². The Bertz CT molecular complexity index is 1320. The number of carbonyl (C=O) groups is 3. The molecule has 1 aliphatic heterocycles. The van der Waals surface area contributed by atoms with Gasteiger partial charge in [0.05, 0.1) is 16.8 Å². The van der Waals surface area contributed by atoms with Crippen molar-refractivity contribution in [2.24, 2.45) is 0 Å². The minimum Gasteiger partial charge on any atom is -0.289 e. The number of anilines is 1. The van der Waals surface area contributed by atoms with Gasteiger partial charge in [-0.15, -0.1) is 0 Å². The van der Waals surface area contributed by atoms with Crippen LogP contribution in [-0.2, 0) is 6.42 Å². The van der Waals surface area contributed by atoms with Gasteiger partial charge in [-0.1, -0.05) is 101 Å². The van der Waals surface area contributed by atoms with E-state index < -0.39 is 0 Å². The van der Waals surface area contributed by atoms with Crippen LogP contribution in [0.5, 0.6) is 0 Å². The predicted molar refractivity (Wildman–Crippen MR) is 159 cm³/mol. The SMILES string of the molecule is CCCCCCCCCCCCc1ccc(C(=O)c2cc(C)cc(N3C(=O)c4ccc(C)cc4C3=O)c2)cc1. The fourth-order valence-electron chi connectivity index (χ4n) is 5.42. The van der Waals surface area contributed by atoms with Crippen molar-refractivity contribution in [3.63, 3.8) is 0 Å². The largest absolute Gasteiger partial charge is 0.289 e. The number of hydrogen-bond donors (Lipinski definition) is 0. The Morgan fingerprint density at radius 2 is 1.23 bits per heavy atom. The van der Waals surface area contributed by atoms with Crippen LogP contribution >= 0.6 is 0 Å². The molecule has 1 heterocycles. The quantitative estimate of drug-likeness (QED) is 0.120. The van der Waals surface area contributed by atoms with E-state index in [1.807, 2.05) is 50.2 Å². The predicted octanol–water partition coefficient (Wildman–Crippen LogP) is 8.80. The molecule has 4 nitrogen and oxygen atoms in total. The minimum atomic E-state index is -0.352. The van der Waals surface area contributed by atoms with Gasteiger partial charge in [-0.2, -0.15) is 0 Å². The number of hydrogen-bond acceptors (Lipinski definition) is 3. The Balaban J connectivity index is 1.33. The number of aryl methyl sites for hydroxylation is 3. The van der Waals surface area contributed by atoms with Crippen molar-refractivity contribution in [2.45, 2.75) is 91.4 Å². The van der Waals surface area contributed by atoms with Crippen LogP contribution in [0.15, 0.2) is 60.7 Å². The average molecular weight is 524 g/mol. The zero-order chi connectivity index (χ0) is 27.8. The lowest BCUT2D eigenvalue weighted by Gasteiger charge is -2.16. The van der Waals surface area contributed by atoms with E-state index in [2.05, 4.69) is 6.92 Å². The molecule has 0 N–H and O–H groups in total. The number of ketones is 1. The summed E-state index contributed by atoms with van der Waals surface area (Å²) in [5.41, 5.74) is 5.31. The Morgan fingerprint density at radius 1 is 0.615 bits per heavy atom. The van der Waals surface area contributed by atoms with Crippen LogP contribution in [0.25, 0.3) is 0 Å². The van der Waals surface area contributed by atoms with Gasteiger partial charge < -0.3 is 0 Å². The van der Waals surface area contributed by atoms with E-state index in [1.54, 1.807) is 24.3 Å². The molecular weight excluding hydrogens is 482 g/mol. The summed E-state index contributed by atoms with van der Waals surface area (Å²) >= 11 is 0. The molecule has 4 heteroatoms. The fraction of sp³-hybridized carbons (Fsp3) is 0.400. The molecule has 1 aliphatic rings. The Hall–Kier alpha value is -3.53. The summed E-state index contributed by atoms with van der Waals surface area (Å²) in [6.07, 6.45) is 14.2. The summed E-state index contributed by atoms with van der Waals surface area (Å²) in [5.74, 6) is -0.813. The van der Waals surface area contributed by atoms with Crippen molar-refractivity contribution < 1.29 is 14.4 Å². The molecule has 4 rings (SSSR count). The highest BCUT2D eigenvalue weighted by Crippen LogP contribution is 2.31. The first-order valence-corrected chi connectivity index (χ1v) is 14.6. The Labute approximate surface area is 233 Å². The summed E-state index contributed by atoms with van der Waals surface area (Å²) in [6.45, 7) is 6.03. The maximum atomic E-state index is 13.4. The zero-order valence-corrected chi connectivity index (χ0v) is 23.7. The molecule has 0 spiro atoms. The van der Waals surface area contributed by atoms with Crippen molar-refractivity contribution in [1.29, 1.82) is 0 Å². The number of amides is 2. The molecule has 0 saturated carbocycles. The molecule has 0 unspecified atom stereocenters. The van der Waals surface area contributed by atoms with E-state index in [0.29, 0.717) is 27.9 Å². The molecule has 3 aromatic carbocycles. The smallest absolute Gasteiger partial charge is 0.266 e. The molecule has 0 aromatic heterocycles. The monoisotopic (exact) mass is 523 g/mol. The maximum absolute atomic E-state index is 13.4. The standard InChI is InChI=1S/C35H41NO3/c1-4-5-6-7-8-9-10-11-12-13-14-27-16-18-28(19-17-27)33(37)29-21-26(3)22-30(24-29)36-34(38)31-20-15-25(2)23-32(31)35(36)39/h15-24H,4-14H2,1-3H3. The topological polar surface area (TPSA) is 54.5 Å². The number of imide groups is 1. The average Bonchev–Trinajstić information content (AvgIpc) is 3.18. The number of benzene rings is 3. The molecule has 2 amide bonds. The van der Waals surface area contributed by atoms with Crippen LogP contribution in [0.3, 0.4) is 0 Å². The van der Waals surface area contributed by atoms with Gasteiger partial charge in [-0.3, -0.25) is 14.4 Å². The van der Waals surface area contributed by atoms with Gasteiger partial charge in [0.25, 0.3) is 11.8 Å². The van der Waals surface area contributed by atoms with E-state index in [1.165, 1.54) is 74.7 Å². The zero-order valence-electron chi connectivity index (χ0n) is 23.7.